The molecule has 0 atom stereocenters. The van der Waals surface area contributed by atoms with Crippen molar-refractivity contribution in [1.82, 2.24) is 0 Å². The number of nitrogens with one attached hydrogen (secondary N) is 4. The highest BCUT2D eigenvalue weighted by Gasteiger charge is 2.18. The third kappa shape index (κ3) is 10.9. The molecular formula is C68H54N4O6. The van der Waals surface area contributed by atoms with Crippen LogP contribution >= 0.6 is 0 Å². The van der Waals surface area contributed by atoms with Crippen molar-refractivity contribution in [2.75, 3.05) is 34.8 Å². The van der Waals surface area contributed by atoms with E-state index in [1.165, 1.54) is 0 Å². The second kappa shape index (κ2) is 22.6. The summed E-state index contributed by atoms with van der Waals surface area (Å²) in [6, 6.07) is 75.8. The predicted molar refractivity (Wildman–Crippen MR) is 317 cm³/mol. The number of rotatable bonds is 19. The van der Waals surface area contributed by atoms with Gasteiger partial charge in [-0.25, -0.2) is 0 Å². The number of hydrogen-bond donors (Lipinski definition) is 4. The molecule has 0 saturated carbocycles. The zero-order valence-electron chi connectivity index (χ0n) is 42.6. The number of unbranched alkanes of at least 4 members (excludes halogenated alkanes) is 1. The van der Waals surface area contributed by atoms with E-state index < -0.39 is 0 Å². The van der Waals surface area contributed by atoms with Crippen molar-refractivity contribution in [2.45, 2.75) is 26.1 Å². The van der Waals surface area contributed by atoms with Gasteiger partial charge < -0.3 is 20.1 Å². The third-order valence-electron chi connectivity index (χ3n) is 14.1. The first-order valence-corrected chi connectivity index (χ1v) is 26.2. The number of anilines is 4. The second-order valence-corrected chi connectivity index (χ2v) is 19.3. The molecule has 0 aliphatic rings. The summed E-state index contributed by atoms with van der Waals surface area (Å²) in [5.74, 6) is 0.586. The second-order valence-electron chi connectivity index (χ2n) is 19.3. The summed E-state index contributed by atoms with van der Waals surface area (Å²) in [6.45, 7) is 1.34. The molecule has 0 heterocycles. The Morgan fingerprint density at radius 2 is 0.795 bits per heavy atom. The summed E-state index contributed by atoms with van der Waals surface area (Å²) in [4.78, 5) is 40.4. The van der Waals surface area contributed by atoms with Crippen LogP contribution in [0.3, 0.4) is 0 Å². The Labute approximate surface area is 451 Å². The number of carbonyl (C=O) groups is 2. The van der Waals surface area contributed by atoms with E-state index in [0.29, 0.717) is 55.2 Å². The Hall–Kier alpha value is -9.74. The molecule has 0 bridgehead atoms. The summed E-state index contributed by atoms with van der Waals surface area (Å²) in [7, 11) is 0. The Kier molecular flexibility index (Phi) is 14.3. The van der Waals surface area contributed by atoms with E-state index >= 15 is 0 Å². The van der Waals surface area contributed by atoms with Gasteiger partial charge in [-0.3, -0.25) is 30.2 Å². The average Bonchev–Trinajstić information content (AvgIpc) is 3.52. The van der Waals surface area contributed by atoms with E-state index in [0.717, 1.165) is 98.6 Å². The van der Waals surface area contributed by atoms with E-state index in [9.17, 15) is 9.59 Å². The fourth-order valence-electron chi connectivity index (χ4n) is 10.1. The minimum atomic E-state index is -0.324. The van der Waals surface area contributed by atoms with Crippen LogP contribution in [0.2, 0.25) is 0 Å². The van der Waals surface area contributed by atoms with Gasteiger partial charge in [-0.2, -0.15) is 0 Å². The third-order valence-corrected chi connectivity index (χ3v) is 14.1. The van der Waals surface area contributed by atoms with Gasteiger partial charge in [-0.15, -0.1) is 0 Å². The summed E-state index contributed by atoms with van der Waals surface area (Å²) in [5.41, 5.74) is 12.3. The van der Waals surface area contributed by atoms with Crippen LogP contribution in [0, 0.1) is 0 Å². The molecule has 10 nitrogen and oxygen atoms in total. The van der Waals surface area contributed by atoms with Crippen LogP contribution in [0.5, 0.6) is 11.5 Å². The molecule has 0 radical (unpaired) electrons. The lowest BCUT2D eigenvalue weighted by atomic mass is 10.0. The fraction of sp³-hybridized carbons (Fsp3) is 0.0882. The van der Waals surface area contributed by atoms with Crippen LogP contribution in [0.1, 0.15) is 44.7 Å². The van der Waals surface area contributed by atoms with Crippen molar-refractivity contribution < 1.29 is 28.7 Å². The van der Waals surface area contributed by atoms with E-state index in [-0.39, 0.29) is 18.4 Å². The highest BCUT2D eigenvalue weighted by Crippen LogP contribution is 2.33. The van der Waals surface area contributed by atoms with Gasteiger partial charge in [-0.1, -0.05) is 164 Å². The zero-order chi connectivity index (χ0) is 52.6. The molecule has 0 aliphatic heterocycles. The van der Waals surface area contributed by atoms with Gasteiger partial charge in [0.15, 0.2) is 0 Å². The van der Waals surface area contributed by atoms with Crippen LogP contribution in [0.4, 0.5) is 22.7 Å². The molecule has 4 N–H and O–H groups in total. The molecule has 12 aromatic rings. The lowest BCUT2D eigenvalue weighted by molar-refractivity contribution is 0.101. The van der Waals surface area contributed by atoms with Crippen molar-refractivity contribution in [2.24, 2.45) is 0 Å². The van der Waals surface area contributed by atoms with Crippen LogP contribution in [0.15, 0.2) is 231 Å². The molecule has 0 aliphatic carbocycles. The number of amides is 2. The molecular weight excluding hydrogens is 969 g/mol. The number of benzene rings is 12. The van der Waals surface area contributed by atoms with Crippen LogP contribution in [0.25, 0.3) is 64.6 Å². The molecule has 10 heteroatoms. The van der Waals surface area contributed by atoms with Crippen molar-refractivity contribution in [1.29, 1.82) is 0 Å². The van der Waals surface area contributed by atoms with Crippen LogP contribution in [-0.2, 0) is 22.9 Å². The smallest absolute Gasteiger partial charge is 0.259 e. The molecule has 0 aromatic heterocycles. The van der Waals surface area contributed by atoms with Crippen molar-refractivity contribution in [3.8, 4) is 11.5 Å². The topological polar surface area (TPSA) is 119 Å². The summed E-state index contributed by atoms with van der Waals surface area (Å²) < 4.78 is 13.1. The molecule has 382 valence electrons. The molecule has 0 unspecified atom stereocenters. The Morgan fingerprint density at radius 3 is 1.37 bits per heavy atom. The quantitative estimate of drug-likeness (QED) is 0.0467. The van der Waals surface area contributed by atoms with E-state index in [1.54, 1.807) is 12.1 Å². The highest BCUT2D eigenvalue weighted by molar-refractivity contribution is 6.14. The lowest BCUT2D eigenvalue weighted by Crippen LogP contribution is -2.15. The van der Waals surface area contributed by atoms with Crippen molar-refractivity contribution in [3.63, 3.8) is 0 Å². The molecule has 0 saturated heterocycles. The summed E-state index contributed by atoms with van der Waals surface area (Å²) in [5, 5.41) is 18.2. The lowest BCUT2D eigenvalue weighted by Gasteiger charge is -2.16. The predicted octanol–water partition coefficient (Wildman–Crippen LogP) is 16.4. The average molecular weight is 1020 g/mol. The van der Waals surface area contributed by atoms with Crippen molar-refractivity contribution in [3.05, 3.63) is 253 Å². The number of hydrogen-bond acceptors (Lipinski definition) is 8. The maximum Gasteiger partial charge on any atom is 0.259 e. The summed E-state index contributed by atoms with van der Waals surface area (Å²) >= 11 is 0. The number of ether oxygens (including phenoxy) is 2. The first-order valence-electron chi connectivity index (χ1n) is 26.2. The summed E-state index contributed by atoms with van der Waals surface area (Å²) in [6.07, 6.45) is 1.32. The first-order chi connectivity index (χ1) is 38.5. The van der Waals surface area contributed by atoms with E-state index in [2.05, 4.69) is 88.3 Å². The SMILES string of the molecule is O=C(Nc1cccc2ccccc12)c1ccc2cc(OCCCCOc3cc4ccc(CONc5cccc6ccccc56)cc4cc3CONc3cccc4ccccc34)c(C(=O)Nc3cccc4ccccc34)cc2c1. The molecule has 0 spiro atoms. The molecule has 78 heavy (non-hydrogen) atoms. The van der Waals surface area contributed by atoms with Gasteiger partial charge in [0, 0.05) is 44.0 Å². The van der Waals surface area contributed by atoms with Crippen LogP contribution in [-0.4, -0.2) is 25.0 Å². The maximum atomic E-state index is 14.4. The number of fused-ring (bicyclic) bond motifs is 6. The Morgan fingerprint density at radius 1 is 0.346 bits per heavy atom. The zero-order valence-corrected chi connectivity index (χ0v) is 42.6. The standard InChI is InChI=1S/C68H54N4O6/c73-67(69-61-27-11-19-46-15-1-5-23-56(46)61)52-34-33-51-42-66(60(40-54(51)38-52)68(74)70-62-28-12-20-47-16-2-6-24-57(47)62)76-36-10-9-35-75-65-41-50-32-31-45(43-77-71-63-29-13-21-48-17-3-7-25-58(48)63)37-53(50)39-55(65)44-78-72-64-30-14-22-49-18-4-8-26-59(49)64/h1-8,11-34,37-42,71-72H,9-10,35-36,43-44H2,(H,69,73)(H,70,74). The Balaban J connectivity index is 0.748. The molecule has 12 aromatic carbocycles. The minimum Gasteiger partial charge on any atom is -0.493 e. The van der Waals surface area contributed by atoms with Gasteiger partial charge in [0.1, 0.15) is 18.1 Å². The van der Waals surface area contributed by atoms with E-state index in [1.807, 2.05) is 152 Å². The normalized spacial score (nSPS) is 11.3. The largest absolute Gasteiger partial charge is 0.493 e. The first kappa shape index (κ1) is 49.2. The highest BCUT2D eigenvalue weighted by atomic mass is 16.6. The van der Waals surface area contributed by atoms with Gasteiger partial charge in [0.2, 0.25) is 0 Å². The minimum absolute atomic E-state index is 0.239. The fourth-order valence-corrected chi connectivity index (χ4v) is 10.1. The van der Waals surface area contributed by atoms with E-state index in [4.69, 9.17) is 19.1 Å². The monoisotopic (exact) mass is 1020 g/mol. The number of carbonyl (C=O) groups excluding carboxylic acids is 2. The molecule has 0 fully saturated rings. The van der Waals surface area contributed by atoms with Gasteiger partial charge in [-0.05, 0) is 128 Å². The van der Waals surface area contributed by atoms with Gasteiger partial charge in [0.05, 0.1) is 36.8 Å². The Bertz CT molecular complexity index is 4180. The maximum absolute atomic E-state index is 14.4. The van der Waals surface area contributed by atoms with Gasteiger partial charge in [0.25, 0.3) is 11.8 Å². The van der Waals surface area contributed by atoms with Crippen molar-refractivity contribution >= 4 is 99.2 Å². The van der Waals surface area contributed by atoms with Gasteiger partial charge >= 0.3 is 0 Å². The van der Waals surface area contributed by atoms with Crippen LogP contribution < -0.4 is 31.1 Å². The molecule has 12 rings (SSSR count). The molecule has 2 amide bonds.